The lowest BCUT2D eigenvalue weighted by Gasteiger charge is -2.13. The van der Waals surface area contributed by atoms with Crippen molar-refractivity contribution < 1.29 is 24.3 Å². The summed E-state index contributed by atoms with van der Waals surface area (Å²) >= 11 is 0. The minimum Gasteiger partial charge on any atom is -0.480 e. The van der Waals surface area contributed by atoms with E-state index in [4.69, 9.17) is 10.2 Å². The van der Waals surface area contributed by atoms with Gasteiger partial charge < -0.3 is 25.4 Å². The van der Waals surface area contributed by atoms with Crippen LogP contribution in [-0.2, 0) is 11.3 Å². The van der Waals surface area contributed by atoms with Gasteiger partial charge in [-0.25, -0.2) is 9.59 Å². The number of rotatable bonds is 6. The Morgan fingerprint density at radius 1 is 1.53 bits per heavy atom. The normalized spacial score (nSPS) is 11.8. The van der Waals surface area contributed by atoms with Crippen LogP contribution in [0.2, 0.25) is 0 Å². The first-order valence-corrected chi connectivity index (χ1v) is 4.90. The molecule has 4 N–H and O–H groups in total. The summed E-state index contributed by atoms with van der Waals surface area (Å²) in [4.78, 5) is 22.0. The number of amides is 2. The van der Waals surface area contributed by atoms with Crippen LogP contribution in [0.3, 0.4) is 0 Å². The lowest BCUT2D eigenvalue weighted by molar-refractivity contribution is -0.139. The van der Waals surface area contributed by atoms with Gasteiger partial charge in [-0.05, 0) is 0 Å². The summed E-state index contributed by atoms with van der Waals surface area (Å²) in [5, 5.41) is 25.5. The van der Waals surface area contributed by atoms with E-state index in [9.17, 15) is 9.59 Å². The number of urea groups is 1. The molecule has 0 aliphatic carbocycles. The molecule has 0 aromatic carbocycles. The summed E-state index contributed by atoms with van der Waals surface area (Å²) in [5.74, 6) is -1.20. The third-order valence-corrected chi connectivity index (χ3v) is 1.94. The molecule has 1 atom stereocenters. The maximum atomic E-state index is 11.3. The molecular formula is C9H13N3O5. The number of carbonyl (C=O) groups is 2. The van der Waals surface area contributed by atoms with E-state index in [1.54, 1.807) is 6.07 Å². The molecule has 1 aromatic rings. The minimum absolute atomic E-state index is 0.0489. The van der Waals surface area contributed by atoms with Crippen LogP contribution in [0.4, 0.5) is 4.79 Å². The molecule has 1 heterocycles. The van der Waals surface area contributed by atoms with Gasteiger partial charge in [-0.15, -0.1) is 0 Å². The summed E-state index contributed by atoms with van der Waals surface area (Å²) < 4.78 is 4.56. The Morgan fingerprint density at radius 3 is 2.82 bits per heavy atom. The largest absolute Gasteiger partial charge is 0.480 e. The predicted molar refractivity (Wildman–Crippen MR) is 55.0 cm³/mol. The molecule has 0 spiro atoms. The van der Waals surface area contributed by atoms with Crippen LogP contribution >= 0.6 is 0 Å². The van der Waals surface area contributed by atoms with Gasteiger partial charge >= 0.3 is 12.0 Å². The SMILES string of the molecule is O=C(NCc1ccon1)N[C@@H](CCO)C(=O)O. The first-order valence-electron chi connectivity index (χ1n) is 4.90. The average molecular weight is 243 g/mol. The number of nitrogens with one attached hydrogen (secondary N) is 2. The number of aliphatic hydroxyl groups is 1. The van der Waals surface area contributed by atoms with Crippen LogP contribution in [0, 0.1) is 0 Å². The van der Waals surface area contributed by atoms with Crippen LogP contribution in [-0.4, -0.2) is 40.0 Å². The van der Waals surface area contributed by atoms with Crippen LogP contribution in [0.5, 0.6) is 0 Å². The third-order valence-electron chi connectivity index (χ3n) is 1.94. The number of carbonyl (C=O) groups excluding carboxylic acids is 1. The van der Waals surface area contributed by atoms with Crippen molar-refractivity contribution in [3.05, 3.63) is 18.0 Å². The maximum absolute atomic E-state index is 11.3. The van der Waals surface area contributed by atoms with Crippen LogP contribution in [0.25, 0.3) is 0 Å². The number of aromatic nitrogens is 1. The Kier molecular flexibility index (Phi) is 4.95. The Balaban J connectivity index is 2.34. The fourth-order valence-corrected chi connectivity index (χ4v) is 1.10. The Morgan fingerprint density at radius 2 is 2.29 bits per heavy atom. The molecule has 0 fully saturated rings. The molecule has 2 amide bonds. The number of hydrogen-bond donors (Lipinski definition) is 4. The summed E-state index contributed by atoms with van der Waals surface area (Å²) in [6, 6.07) is -0.186. The van der Waals surface area contributed by atoms with Crippen molar-refractivity contribution in [3.8, 4) is 0 Å². The Labute approximate surface area is 96.6 Å². The van der Waals surface area contributed by atoms with E-state index in [2.05, 4.69) is 20.3 Å². The summed E-state index contributed by atoms with van der Waals surface area (Å²) in [7, 11) is 0. The number of carboxylic acids is 1. The van der Waals surface area contributed by atoms with Gasteiger partial charge in [0.1, 0.15) is 18.0 Å². The van der Waals surface area contributed by atoms with Gasteiger partial charge in [0.2, 0.25) is 0 Å². The van der Waals surface area contributed by atoms with Crippen molar-refractivity contribution in [2.45, 2.75) is 19.0 Å². The fraction of sp³-hybridized carbons (Fsp3) is 0.444. The molecule has 17 heavy (non-hydrogen) atoms. The molecule has 0 unspecified atom stereocenters. The molecule has 0 saturated heterocycles. The third kappa shape index (κ3) is 4.51. The molecule has 0 aliphatic rings. The van der Waals surface area contributed by atoms with Gasteiger partial charge in [0.15, 0.2) is 0 Å². The monoisotopic (exact) mass is 243 g/mol. The second-order valence-corrected chi connectivity index (χ2v) is 3.22. The number of carboxylic acid groups (broad SMARTS) is 1. The topological polar surface area (TPSA) is 125 Å². The van der Waals surface area contributed by atoms with E-state index < -0.39 is 18.0 Å². The summed E-state index contributed by atoms with van der Waals surface area (Å²) in [5.41, 5.74) is 0.522. The molecule has 0 aliphatic heterocycles. The van der Waals surface area contributed by atoms with Crippen molar-refractivity contribution in [1.82, 2.24) is 15.8 Å². The zero-order valence-electron chi connectivity index (χ0n) is 8.92. The highest BCUT2D eigenvalue weighted by Crippen LogP contribution is 1.94. The highest BCUT2D eigenvalue weighted by molar-refractivity contribution is 5.82. The zero-order valence-corrected chi connectivity index (χ0v) is 8.92. The molecule has 1 rings (SSSR count). The Hall–Kier alpha value is -2.09. The molecular weight excluding hydrogens is 230 g/mol. The first-order chi connectivity index (χ1) is 8.13. The fourth-order valence-electron chi connectivity index (χ4n) is 1.10. The van der Waals surface area contributed by atoms with Crippen LogP contribution in [0.15, 0.2) is 16.9 Å². The van der Waals surface area contributed by atoms with Gasteiger partial charge in [-0.3, -0.25) is 0 Å². The first kappa shape index (κ1) is 13.0. The smallest absolute Gasteiger partial charge is 0.326 e. The molecule has 94 valence electrons. The van der Waals surface area contributed by atoms with Gasteiger partial charge in [0.25, 0.3) is 0 Å². The van der Waals surface area contributed by atoms with Crippen molar-refractivity contribution in [1.29, 1.82) is 0 Å². The van der Waals surface area contributed by atoms with Crippen molar-refractivity contribution >= 4 is 12.0 Å². The van der Waals surface area contributed by atoms with Crippen molar-refractivity contribution in [3.63, 3.8) is 0 Å². The van der Waals surface area contributed by atoms with Gasteiger partial charge in [-0.2, -0.15) is 0 Å². The van der Waals surface area contributed by atoms with E-state index in [1.165, 1.54) is 6.26 Å². The number of aliphatic carboxylic acids is 1. The lowest BCUT2D eigenvalue weighted by Crippen LogP contribution is -2.46. The number of hydrogen-bond acceptors (Lipinski definition) is 5. The van der Waals surface area contributed by atoms with E-state index in [-0.39, 0.29) is 19.6 Å². The zero-order chi connectivity index (χ0) is 12.7. The van der Waals surface area contributed by atoms with Gasteiger partial charge in [0.05, 0.1) is 6.54 Å². The van der Waals surface area contributed by atoms with Gasteiger partial charge in [0, 0.05) is 19.1 Å². The molecule has 0 radical (unpaired) electrons. The van der Waals surface area contributed by atoms with E-state index in [0.29, 0.717) is 5.69 Å². The molecule has 1 aromatic heterocycles. The van der Waals surface area contributed by atoms with Gasteiger partial charge in [-0.1, -0.05) is 5.16 Å². The minimum atomic E-state index is -1.20. The highest BCUT2D eigenvalue weighted by atomic mass is 16.5. The van der Waals surface area contributed by atoms with E-state index >= 15 is 0 Å². The molecule has 0 saturated carbocycles. The van der Waals surface area contributed by atoms with E-state index in [0.717, 1.165) is 0 Å². The number of nitrogens with zero attached hydrogens (tertiary/aromatic N) is 1. The molecule has 8 heteroatoms. The standard InChI is InChI=1S/C9H13N3O5/c13-3-1-7(8(14)15)11-9(16)10-5-6-2-4-17-12-6/h2,4,7,13H,1,3,5H2,(H,14,15)(H2,10,11,16)/t7-/m0/s1. The average Bonchev–Trinajstić information content (AvgIpc) is 2.78. The predicted octanol–water partition coefficient (Wildman–Crippen LogP) is -0.691. The Bertz CT molecular complexity index is 365. The summed E-state index contributed by atoms with van der Waals surface area (Å²) in [6.07, 6.45) is 1.31. The highest BCUT2D eigenvalue weighted by Gasteiger charge is 2.18. The van der Waals surface area contributed by atoms with Crippen molar-refractivity contribution in [2.24, 2.45) is 0 Å². The van der Waals surface area contributed by atoms with E-state index in [1.807, 2.05) is 0 Å². The second kappa shape index (κ2) is 6.48. The maximum Gasteiger partial charge on any atom is 0.326 e. The lowest BCUT2D eigenvalue weighted by atomic mass is 10.2. The van der Waals surface area contributed by atoms with Crippen molar-refractivity contribution in [2.75, 3.05) is 6.61 Å². The van der Waals surface area contributed by atoms with Crippen LogP contribution in [0.1, 0.15) is 12.1 Å². The van der Waals surface area contributed by atoms with Crippen LogP contribution < -0.4 is 10.6 Å². The quantitative estimate of drug-likeness (QED) is 0.524. The second-order valence-electron chi connectivity index (χ2n) is 3.22. The summed E-state index contributed by atoms with van der Waals surface area (Å²) in [6.45, 7) is -0.186. The molecule has 0 bridgehead atoms. The number of aliphatic hydroxyl groups excluding tert-OH is 1. The molecule has 8 nitrogen and oxygen atoms in total.